The van der Waals surface area contributed by atoms with Crippen LogP contribution in [-0.4, -0.2) is 26.5 Å². The number of sulfone groups is 1. The molecule has 0 spiro atoms. The summed E-state index contributed by atoms with van der Waals surface area (Å²) in [5, 5.41) is 4.92. The molecule has 28 heavy (non-hydrogen) atoms. The Morgan fingerprint density at radius 2 is 1.75 bits per heavy atom. The zero-order valence-corrected chi connectivity index (χ0v) is 15.4. The molecule has 0 atom stereocenters. The second-order valence-electron chi connectivity index (χ2n) is 5.88. The Morgan fingerprint density at radius 3 is 2.43 bits per heavy atom. The van der Waals surface area contributed by atoms with Crippen LogP contribution in [0.15, 0.2) is 70.2 Å². The zero-order chi connectivity index (χ0) is 20.3. The van der Waals surface area contributed by atoms with E-state index in [1.54, 1.807) is 12.1 Å². The number of carbonyl (C=O) groups is 2. The minimum Gasteiger partial charge on any atom is -0.459 e. The third-order valence-corrected chi connectivity index (χ3v) is 4.85. The maximum atomic E-state index is 14.0. The predicted octanol–water partition coefficient (Wildman–Crippen LogP) is 3.33. The summed E-state index contributed by atoms with van der Waals surface area (Å²) in [6.07, 6.45) is 2.34. The van der Waals surface area contributed by atoms with Gasteiger partial charge in [-0.2, -0.15) is 0 Å². The second kappa shape index (κ2) is 7.65. The lowest BCUT2D eigenvalue weighted by molar-refractivity contribution is 0.0993. The SMILES string of the molecule is CS(=O)(=O)c1ccc(F)c(NC(=O)c2cccc(NC(=O)c3ccco3)c2)c1. The molecule has 0 saturated heterocycles. The number of anilines is 2. The highest BCUT2D eigenvalue weighted by atomic mass is 32.2. The number of furan rings is 1. The van der Waals surface area contributed by atoms with Gasteiger partial charge in [-0.25, -0.2) is 12.8 Å². The molecule has 0 unspecified atom stereocenters. The van der Waals surface area contributed by atoms with Crippen LogP contribution in [0.1, 0.15) is 20.9 Å². The van der Waals surface area contributed by atoms with Gasteiger partial charge in [0.1, 0.15) is 5.82 Å². The van der Waals surface area contributed by atoms with E-state index < -0.39 is 27.5 Å². The molecular weight excluding hydrogens is 387 g/mol. The molecule has 0 aliphatic rings. The van der Waals surface area contributed by atoms with Crippen molar-refractivity contribution in [3.8, 4) is 0 Å². The number of rotatable bonds is 5. The molecule has 1 aromatic heterocycles. The van der Waals surface area contributed by atoms with Crippen molar-refractivity contribution < 1.29 is 26.8 Å². The van der Waals surface area contributed by atoms with Crippen LogP contribution in [0.25, 0.3) is 0 Å². The first kappa shape index (κ1) is 19.3. The lowest BCUT2D eigenvalue weighted by atomic mass is 10.1. The predicted molar refractivity (Wildman–Crippen MR) is 101 cm³/mol. The van der Waals surface area contributed by atoms with Gasteiger partial charge in [0.2, 0.25) is 0 Å². The van der Waals surface area contributed by atoms with Gasteiger partial charge in [-0.15, -0.1) is 0 Å². The Kier molecular flexibility index (Phi) is 5.27. The molecule has 2 N–H and O–H groups in total. The van der Waals surface area contributed by atoms with E-state index in [0.29, 0.717) is 5.69 Å². The van der Waals surface area contributed by atoms with E-state index in [1.165, 1.54) is 30.5 Å². The van der Waals surface area contributed by atoms with E-state index in [9.17, 15) is 22.4 Å². The van der Waals surface area contributed by atoms with Gasteiger partial charge in [0, 0.05) is 17.5 Å². The quantitative estimate of drug-likeness (QED) is 0.637. The third-order valence-electron chi connectivity index (χ3n) is 3.74. The lowest BCUT2D eigenvalue weighted by Gasteiger charge is -2.09. The molecule has 144 valence electrons. The monoisotopic (exact) mass is 402 g/mol. The number of hydrogen-bond acceptors (Lipinski definition) is 5. The number of nitrogens with one attached hydrogen (secondary N) is 2. The second-order valence-corrected chi connectivity index (χ2v) is 7.90. The molecule has 0 fully saturated rings. The lowest BCUT2D eigenvalue weighted by Crippen LogP contribution is -2.15. The van der Waals surface area contributed by atoms with Crippen LogP contribution < -0.4 is 10.6 Å². The van der Waals surface area contributed by atoms with Crippen molar-refractivity contribution in [3.05, 3.63) is 78.0 Å². The van der Waals surface area contributed by atoms with Crippen LogP contribution in [0, 0.1) is 5.82 Å². The third kappa shape index (κ3) is 4.44. The van der Waals surface area contributed by atoms with Crippen molar-refractivity contribution in [1.29, 1.82) is 0 Å². The first-order valence-corrected chi connectivity index (χ1v) is 9.89. The van der Waals surface area contributed by atoms with Crippen molar-refractivity contribution in [1.82, 2.24) is 0 Å². The summed E-state index contributed by atoms with van der Waals surface area (Å²) in [6, 6.07) is 12.2. The van der Waals surface area contributed by atoms with Gasteiger partial charge >= 0.3 is 0 Å². The Balaban J connectivity index is 1.79. The van der Waals surface area contributed by atoms with Crippen molar-refractivity contribution in [2.24, 2.45) is 0 Å². The van der Waals surface area contributed by atoms with E-state index in [2.05, 4.69) is 10.6 Å². The summed E-state index contributed by atoms with van der Waals surface area (Å²) in [5.74, 6) is -1.83. The fourth-order valence-corrected chi connectivity index (χ4v) is 3.01. The molecule has 3 aromatic rings. The van der Waals surface area contributed by atoms with Gasteiger partial charge in [-0.1, -0.05) is 6.07 Å². The normalized spacial score (nSPS) is 11.1. The van der Waals surface area contributed by atoms with Crippen LogP contribution in [0.4, 0.5) is 15.8 Å². The maximum Gasteiger partial charge on any atom is 0.291 e. The zero-order valence-electron chi connectivity index (χ0n) is 14.6. The average molecular weight is 402 g/mol. The summed E-state index contributed by atoms with van der Waals surface area (Å²) < 4.78 is 42.2. The molecule has 0 aliphatic carbocycles. The van der Waals surface area contributed by atoms with Crippen molar-refractivity contribution in [2.45, 2.75) is 4.90 Å². The molecule has 2 aromatic carbocycles. The summed E-state index contributed by atoms with van der Waals surface area (Å²) in [7, 11) is -3.56. The van der Waals surface area contributed by atoms with E-state index in [-0.39, 0.29) is 21.9 Å². The molecule has 0 radical (unpaired) electrons. The molecule has 0 aliphatic heterocycles. The van der Waals surface area contributed by atoms with Crippen molar-refractivity contribution in [3.63, 3.8) is 0 Å². The molecule has 1 heterocycles. The van der Waals surface area contributed by atoms with Gasteiger partial charge in [0.05, 0.1) is 16.8 Å². The van der Waals surface area contributed by atoms with Crippen molar-refractivity contribution >= 4 is 33.0 Å². The highest BCUT2D eigenvalue weighted by Gasteiger charge is 2.15. The Morgan fingerprint density at radius 1 is 0.964 bits per heavy atom. The van der Waals surface area contributed by atoms with Crippen LogP contribution in [0.3, 0.4) is 0 Å². The summed E-state index contributed by atoms with van der Waals surface area (Å²) in [6.45, 7) is 0. The molecule has 2 amide bonds. The fraction of sp³-hybridized carbons (Fsp3) is 0.0526. The van der Waals surface area contributed by atoms with E-state index in [1.807, 2.05) is 0 Å². The highest BCUT2D eigenvalue weighted by molar-refractivity contribution is 7.90. The number of amides is 2. The van der Waals surface area contributed by atoms with Gasteiger partial charge in [0.25, 0.3) is 11.8 Å². The Hall–Kier alpha value is -3.46. The number of halogens is 1. The molecule has 3 rings (SSSR count). The molecular formula is C19H15FN2O5S. The van der Waals surface area contributed by atoms with E-state index >= 15 is 0 Å². The molecule has 9 heteroatoms. The number of hydrogen-bond donors (Lipinski definition) is 2. The Labute approximate surface area is 160 Å². The summed E-state index contributed by atoms with van der Waals surface area (Å²) >= 11 is 0. The summed E-state index contributed by atoms with van der Waals surface area (Å²) in [5.41, 5.74) is 0.207. The smallest absolute Gasteiger partial charge is 0.291 e. The first-order valence-electron chi connectivity index (χ1n) is 8.00. The highest BCUT2D eigenvalue weighted by Crippen LogP contribution is 2.21. The molecule has 0 bridgehead atoms. The number of carbonyl (C=O) groups excluding carboxylic acids is 2. The van der Waals surface area contributed by atoms with E-state index in [0.717, 1.165) is 24.5 Å². The average Bonchev–Trinajstić information content (AvgIpc) is 3.17. The maximum absolute atomic E-state index is 14.0. The van der Waals surface area contributed by atoms with Gasteiger partial charge in [0.15, 0.2) is 15.6 Å². The fourth-order valence-electron chi connectivity index (χ4n) is 2.36. The number of benzene rings is 2. The Bertz CT molecular complexity index is 1140. The first-order chi connectivity index (χ1) is 13.2. The summed E-state index contributed by atoms with van der Waals surface area (Å²) in [4.78, 5) is 24.3. The molecule has 7 nitrogen and oxygen atoms in total. The van der Waals surface area contributed by atoms with Gasteiger partial charge in [-0.3, -0.25) is 9.59 Å². The van der Waals surface area contributed by atoms with Crippen LogP contribution in [-0.2, 0) is 9.84 Å². The molecule has 0 saturated carbocycles. The largest absolute Gasteiger partial charge is 0.459 e. The topological polar surface area (TPSA) is 105 Å². The van der Waals surface area contributed by atoms with Gasteiger partial charge < -0.3 is 15.1 Å². The minimum absolute atomic E-state index is 0.106. The van der Waals surface area contributed by atoms with Crippen LogP contribution in [0.5, 0.6) is 0 Å². The standard InChI is InChI=1S/C19H15FN2O5S/c1-28(25,26)14-7-8-15(20)16(11-14)22-18(23)12-4-2-5-13(10-12)21-19(24)17-6-3-9-27-17/h2-11H,1H3,(H,21,24)(H,22,23). The van der Waals surface area contributed by atoms with Crippen molar-refractivity contribution in [2.75, 3.05) is 16.9 Å². The van der Waals surface area contributed by atoms with Crippen LogP contribution in [0.2, 0.25) is 0 Å². The van der Waals surface area contributed by atoms with Crippen LogP contribution >= 0.6 is 0 Å². The minimum atomic E-state index is -3.56. The van der Waals surface area contributed by atoms with Gasteiger partial charge in [-0.05, 0) is 48.5 Å². The van der Waals surface area contributed by atoms with E-state index in [4.69, 9.17) is 4.42 Å².